The molecule has 3 aromatic rings. The summed E-state index contributed by atoms with van der Waals surface area (Å²) < 4.78 is 60.7. The number of halogens is 4. The van der Waals surface area contributed by atoms with E-state index in [0.717, 1.165) is 24.6 Å². The largest absolute Gasteiger partial charge is 0.420 e. The first kappa shape index (κ1) is 28.9. The first-order valence-electron chi connectivity index (χ1n) is 12.2. The van der Waals surface area contributed by atoms with Crippen molar-refractivity contribution in [3.05, 3.63) is 53.4 Å². The number of thiol groups is 1. The molecule has 0 fully saturated rings. The summed E-state index contributed by atoms with van der Waals surface area (Å²) in [6, 6.07) is 3.45. The topological polar surface area (TPSA) is 79.7 Å². The highest BCUT2D eigenvalue weighted by Crippen LogP contribution is 2.36. The van der Waals surface area contributed by atoms with Crippen molar-refractivity contribution in [2.24, 2.45) is 0 Å². The average molecular weight is 540 g/mol. The van der Waals surface area contributed by atoms with E-state index in [4.69, 9.17) is 0 Å². The van der Waals surface area contributed by atoms with Crippen molar-refractivity contribution in [3.63, 3.8) is 0 Å². The summed E-state index contributed by atoms with van der Waals surface area (Å²) in [6.45, 7) is 8.87. The molecule has 7 nitrogen and oxygen atoms in total. The normalized spacial score (nSPS) is 12.8. The molecule has 37 heavy (non-hydrogen) atoms. The minimum Gasteiger partial charge on any atom is -0.351 e. The number of hydrogen-bond acceptors (Lipinski definition) is 7. The maximum Gasteiger partial charge on any atom is 0.420 e. The Balaban J connectivity index is 1.97. The van der Waals surface area contributed by atoms with E-state index in [1.165, 1.54) is 23.2 Å². The number of anilines is 1. The van der Waals surface area contributed by atoms with Crippen LogP contribution in [-0.2, 0) is 12.7 Å². The van der Waals surface area contributed by atoms with Gasteiger partial charge in [0.2, 0.25) is 5.95 Å². The van der Waals surface area contributed by atoms with Crippen LogP contribution in [0.5, 0.6) is 0 Å². The minimum absolute atomic E-state index is 0.0359. The number of nitrogens with zero attached hydrogens (tertiary/aromatic N) is 4. The van der Waals surface area contributed by atoms with Crippen LogP contribution >= 0.6 is 12.8 Å². The maximum absolute atomic E-state index is 15.1. The Kier molecular flexibility index (Phi) is 9.91. The van der Waals surface area contributed by atoms with E-state index in [0.29, 0.717) is 25.1 Å². The molecule has 0 bridgehead atoms. The van der Waals surface area contributed by atoms with Crippen molar-refractivity contribution in [3.8, 4) is 17.1 Å². The van der Waals surface area contributed by atoms with Crippen LogP contribution < -0.4 is 15.4 Å². The summed E-state index contributed by atoms with van der Waals surface area (Å²) in [5.74, 6) is -0.426. The SMILES string of the molecule is CCCC(CCNS)Nc1ncc(C(F)(F)F)c(-c2cn(-c3c(C)cc(CNC(C)C)cc3F)cn2)n1. The Hall–Kier alpha value is -2.70. The Morgan fingerprint density at radius 3 is 2.51 bits per heavy atom. The van der Waals surface area contributed by atoms with Crippen LogP contribution in [0.25, 0.3) is 17.1 Å². The second kappa shape index (κ2) is 12.7. The lowest BCUT2D eigenvalue weighted by molar-refractivity contribution is -0.137. The van der Waals surface area contributed by atoms with Crippen LogP contribution in [0.1, 0.15) is 56.7 Å². The maximum atomic E-state index is 15.1. The number of aryl methyl sites for hydroxylation is 1. The quantitative estimate of drug-likeness (QED) is 0.175. The van der Waals surface area contributed by atoms with Gasteiger partial charge in [0.25, 0.3) is 0 Å². The summed E-state index contributed by atoms with van der Waals surface area (Å²) in [5, 5.41) is 6.36. The molecule has 3 rings (SSSR count). The van der Waals surface area contributed by atoms with Gasteiger partial charge < -0.3 is 15.2 Å². The van der Waals surface area contributed by atoms with E-state index in [1.54, 1.807) is 6.92 Å². The molecule has 0 amide bonds. The molecule has 0 aliphatic carbocycles. The van der Waals surface area contributed by atoms with E-state index in [2.05, 4.69) is 43.1 Å². The fourth-order valence-electron chi connectivity index (χ4n) is 4.04. The van der Waals surface area contributed by atoms with Gasteiger partial charge in [-0.3, -0.25) is 4.72 Å². The lowest BCUT2D eigenvalue weighted by Crippen LogP contribution is -2.24. The molecule has 12 heteroatoms. The molecule has 2 heterocycles. The zero-order valence-electron chi connectivity index (χ0n) is 21.3. The molecule has 0 radical (unpaired) electrons. The molecule has 0 aliphatic heterocycles. The Labute approximate surface area is 220 Å². The van der Waals surface area contributed by atoms with Crippen molar-refractivity contribution in [2.45, 2.75) is 71.8 Å². The molecule has 0 saturated carbocycles. The molecule has 202 valence electrons. The zero-order chi connectivity index (χ0) is 27.2. The number of alkyl halides is 3. The lowest BCUT2D eigenvalue weighted by atomic mass is 10.1. The monoisotopic (exact) mass is 539 g/mol. The van der Waals surface area contributed by atoms with Crippen molar-refractivity contribution >= 4 is 18.8 Å². The van der Waals surface area contributed by atoms with Crippen molar-refractivity contribution in [1.29, 1.82) is 0 Å². The van der Waals surface area contributed by atoms with Crippen molar-refractivity contribution in [1.82, 2.24) is 29.6 Å². The number of hydrogen-bond donors (Lipinski definition) is 4. The predicted molar refractivity (Wildman–Crippen MR) is 140 cm³/mol. The summed E-state index contributed by atoms with van der Waals surface area (Å²) >= 11 is 3.99. The Morgan fingerprint density at radius 2 is 1.89 bits per heavy atom. The number of rotatable bonds is 12. The van der Waals surface area contributed by atoms with E-state index >= 15 is 4.39 Å². The van der Waals surface area contributed by atoms with Gasteiger partial charge in [0.15, 0.2) is 0 Å². The molecule has 2 aromatic heterocycles. The number of nitrogens with one attached hydrogen (secondary N) is 3. The highest BCUT2D eigenvalue weighted by Gasteiger charge is 2.36. The molecule has 1 atom stereocenters. The fraction of sp³-hybridized carbons (Fsp3) is 0.480. The van der Waals surface area contributed by atoms with Gasteiger partial charge in [0.05, 0.1) is 5.69 Å². The van der Waals surface area contributed by atoms with Crippen LogP contribution in [0.15, 0.2) is 30.9 Å². The predicted octanol–water partition coefficient (Wildman–Crippen LogP) is 5.70. The van der Waals surface area contributed by atoms with Crippen LogP contribution in [0.3, 0.4) is 0 Å². The third kappa shape index (κ3) is 7.65. The zero-order valence-corrected chi connectivity index (χ0v) is 22.2. The van der Waals surface area contributed by atoms with Gasteiger partial charge in [-0.05, 0) is 37.0 Å². The second-order valence-electron chi connectivity index (χ2n) is 9.23. The van der Waals surface area contributed by atoms with Gasteiger partial charge >= 0.3 is 6.18 Å². The Bertz CT molecular complexity index is 1160. The van der Waals surface area contributed by atoms with Gasteiger partial charge in [-0.2, -0.15) is 13.2 Å². The van der Waals surface area contributed by atoms with Crippen molar-refractivity contribution < 1.29 is 17.6 Å². The van der Waals surface area contributed by atoms with Crippen LogP contribution in [0.2, 0.25) is 0 Å². The highest BCUT2D eigenvalue weighted by molar-refractivity contribution is 7.78. The first-order valence-corrected chi connectivity index (χ1v) is 12.6. The van der Waals surface area contributed by atoms with E-state index in [9.17, 15) is 13.2 Å². The molecular formula is C25H33F4N7S. The van der Waals surface area contributed by atoms with Crippen LogP contribution in [0, 0.1) is 12.7 Å². The van der Waals surface area contributed by atoms with Crippen LogP contribution in [0.4, 0.5) is 23.5 Å². The summed E-state index contributed by atoms with van der Waals surface area (Å²) in [6.07, 6.45) is 1.05. The summed E-state index contributed by atoms with van der Waals surface area (Å²) in [7, 11) is 0. The number of aromatic nitrogens is 4. The highest BCUT2D eigenvalue weighted by atomic mass is 32.1. The van der Waals surface area contributed by atoms with Gasteiger partial charge in [0, 0.05) is 37.6 Å². The number of benzene rings is 1. The third-order valence-electron chi connectivity index (χ3n) is 5.78. The van der Waals surface area contributed by atoms with Gasteiger partial charge in [-0.1, -0.05) is 46.1 Å². The fourth-order valence-corrected chi connectivity index (χ4v) is 4.17. The lowest BCUT2D eigenvalue weighted by Gasteiger charge is -2.19. The average Bonchev–Trinajstić information content (AvgIpc) is 3.30. The van der Waals surface area contributed by atoms with Crippen molar-refractivity contribution in [2.75, 3.05) is 11.9 Å². The molecule has 0 aliphatic rings. The van der Waals surface area contributed by atoms with E-state index in [-0.39, 0.29) is 35.1 Å². The molecule has 0 saturated heterocycles. The molecule has 1 aromatic carbocycles. The summed E-state index contributed by atoms with van der Waals surface area (Å²) in [5.41, 5.74) is 0.197. The van der Waals surface area contributed by atoms with E-state index in [1.807, 2.05) is 26.8 Å². The summed E-state index contributed by atoms with van der Waals surface area (Å²) in [4.78, 5) is 12.3. The smallest absolute Gasteiger partial charge is 0.351 e. The first-order chi connectivity index (χ1) is 17.5. The molecule has 3 N–H and O–H groups in total. The molecule has 1 unspecified atom stereocenters. The number of imidazole rings is 1. The van der Waals surface area contributed by atoms with Gasteiger partial charge in [-0.25, -0.2) is 19.3 Å². The van der Waals surface area contributed by atoms with E-state index < -0.39 is 17.6 Å². The molecular weight excluding hydrogens is 506 g/mol. The third-order valence-corrected chi connectivity index (χ3v) is 6.00. The second-order valence-corrected chi connectivity index (χ2v) is 9.54. The van der Waals surface area contributed by atoms with Gasteiger partial charge in [0.1, 0.15) is 29.1 Å². The minimum atomic E-state index is -4.69. The van der Waals surface area contributed by atoms with Gasteiger partial charge in [-0.15, -0.1) is 0 Å². The van der Waals surface area contributed by atoms with Crippen LogP contribution in [-0.4, -0.2) is 38.1 Å². The molecule has 0 spiro atoms. The Morgan fingerprint density at radius 1 is 1.14 bits per heavy atom. The standard InChI is InChI=1S/C25H33F4N7S/c1-5-6-18(7-8-33-37)34-24-31-12-19(25(27,28)29)22(35-24)21-13-36(14-32-21)23-16(4)9-17(10-20(23)26)11-30-15(2)3/h9-10,12-15,18,30,33,37H,5-8,11H2,1-4H3,(H,31,34,35).